The van der Waals surface area contributed by atoms with Gasteiger partial charge >= 0.3 is 0 Å². The average molecular weight is 360 g/mol. The van der Waals surface area contributed by atoms with Crippen LogP contribution in [0.25, 0.3) is 0 Å². The molecule has 4 rings (SSSR count). The lowest BCUT2D eigenvalue weighted by Crippen LogP contribution is -2.47. The molecule has 0 spiro atoms. The first-order chi connectivity index (χ1) is 12.0. The van der Waals surface area contributed by atoms with Gasteiger partial charge in [0.2, 0.25) is 0 Å². The van der Waals surface area contributed by atoms with Crippen LogP contribution in [0.3, 0.4) is 0 Å². The predicted octanol–water partition coefficient (Wildman–Crippen LogP) is 2.57. The number of aliphatic hydroxyl groups excluding tert-OH is 1. The van der Waals surface area contributed by atoms with E-state index in [4.69, 9.17) is 9.98 Å². The van der Waals surface area contributed by atoms with Crippen LogP contribution < -0.4 is 0 Å². The highest BCUT2D eigenvalue weighted by atomic mass is 32.2. The zero-order valence-electron chi connectivity index (χ0n) is 14.3. The molecule has 3 aliphatic rings. The first kappa shape index (κ1) is 16.8. The fraction of sp³-hybridized carbons (Fsp3) is 0.444. The lowest BCUT2D eigenvalue weighted by atomic mass is 10.1. The number of rotatable bonds is 1. The summed E-state index contributed by atoms with van der Waals surface area (Å²) in [5.41, 5.74) is 2.19. The van der Waals surface area contributed by atoms with Gasteiger partial charge in [0.1, 0.15) is 16.7 Å². The Balaban J connectivity index is 1.80. The van der Waals surface area contributed by atoms with Gasteiger partial charge in [-0.05, 0) is 26.1 Å². The molecular formula is C18H21FN4OS. The molecule has 0 aliphatic carbocycles. The third-order valence-corrected chi connectivity index (χ3v) is 6.05. The van der Waals surface area contributed by atoms with Crippen molar-refractivity contribution in [2.45, 2.75) is 18.3 Å². The summed E-state index contributed by atoms with van der Waals surface area (Å²) < 4.78 is 13.7. The Morgan fingerprint density at radius 2 is 1.96 bits per heavy atom. The molecule has 0 radical (unpaired) electrons. The van der Waals surface area contributed by atoms with Gasteiger partial charge < -0.3 is 14.9 Å². The van der Waals surface area contributed by atoms with Crippen LogP contribution in [0.15, 0.2) is 39.8 Å². The van der Waals surface area contributed by atoms with E-state index in [1.54, 1.807) is 24.8 Å². The smallest absolute Gasteiger partial charge is 0.139 e. The number of piperazine rings is 1. The first-order valence-electron chi connectivity index (χ1n) is 8.49. The number of nitrogens with zero attached hydrogens (tertiary/aromatic N) is 4. The zero-order chi connectivity index (χ0) is 17.6. The van der Waals surface area contributed by atoms with Crippen LogP contribution in [0.5, 0.6) is 0 Å². The number of thioether (sulfide) groups is 1. The number of aliphatic imine (C=N–C) groups is 2. The van der Waals surface area contributed by atoms with Gasteiger partial charge in [0.05, 0.1) is 22.7 Å². The van der Waals surface area contributed by atoms with Gasteiger partial charge in [-0.25, -0.2) is 14.4 Å². The lowest BCUT2D eigenvalue weighted by Gasteiger charge is -2.34. The quantitative estimate of drug-likeness (QED) is 0.836. The Hall–Kier alpha value is -1.70. The number of halogens is 1. The molecule has 0 aromatic heterocycles. The van der Waals surface area contributed by atoms with E-state index in [1.165, 1.54) is 12.1 Å². The maximum atomic E-state index is 13.7. The van der Waals surface area contributed by atoms with Gasteiger partial charge in [-0.2, -0.15) is 0 Å². The van der Waals surface area contributed by atoms with Crippen LogP contribution >= 0.6 is 11.8 Å². The summed E-state index contributed by atoms with van der Waals surface area (Å²) in [5.74, 6) is 0.530. The third-order valence-electron chi connectivity index (χ3n) is 4.71. The molecule has 0 bridgehead atoms. The SMILES string of the molecule is CC(O)C1C=C2C(=Nc3ccc(F)cc3N=C2N2CCN(C)CC2)S1. The highest BCUT2D eigenvalue weighted by molar-refractivity contribution is 8.15. The molecule has 25 heavy (non-hydrogen) atoms. The summed E-state index contributed by atoms with van der Waals surface area (Å²) in [6.07, 6.45) is 1.58. The number of fused-ring (bicyclic) bond motifs is 2. The van der Waals surface area contributed by atoms with E-state index >= 15 is 0 Å². The van der Waals surface area contributed by atoms with Gasteiger partial charge in [0.25, 0.3) is 0 Å². The Morgan fingerprint density at radius 1 is 1.20 bits per heavy atom. The number of amidine groups is 1. The largest absolute Gasteiger partial charge is 0.392 e. The van der Waals surface area contributed by atoms with Crippen molar-refractivity contribution in [3.8, 4) is 0 Å². The molecule has 2 unspecified atom stereocenters. The third kappa shape index (κ3) is 3.23. The van der Waals surface area contributed by atoms with Gasteiger partial charge in [-0.3, -0.25) is 0 Å². The van der Waals surface area contributed by atoms with Crippen LogP contribution in [0, 0.1) is 5.82 Å². The lowest BCUT2D eigenvalue weighted by molar-refractivity contribution is 0.204. The van der Waals surface area contributed by atoms with Crippen molar-refractivity contribution in [3.63, 3.8) is 0 Å². The highest BCUT2D eigenvalue weighted by Crippen LogP contribution is 2.40. The van der Waals surface area contributed by atoms with Gasteiger partial charge in [-0.1, -0.05) is 17.8 Å². The molecule has 1 aromatic carbocycles. The number of benzene rings is 1. The number of hydrogen-bond donors (Lipinski definition) is 1. The number of likely N-dealkylation sites (N-methyl/N-ethyl adjacent to an activating group) is 1. The van der Waals surface area contributed by atoms with Crippen molar-refractivity contribution in [1.82, 2.24) is 9.80 Å². The van der Waals surface area contributed by atoms with Crippen LogP contribution in [0.4, 0.5) is 15.8 Å². The van der Waals surface area contributed by atoms with E-state index in [0.29, 0.717) is 11.4 Å². The van der Waals surface area contributed by atoms with E-state index < -0.39 is 6.10 Å². The van der Waals surface area contributed by atoms with Crippen molar-refractivity contribution in [2.75, 3.05) is 33.2 Å². The Labute approximate surface area is 150 Å². The second kappa shape index (κ2) is 6.55. The molecule has 1 fully saturated rings. The van der Waals surface area contributed by atoms with Gasteiger partial charge in [0, 0.05) is 37.8 Å². The molecular weight excluding hydrogens is 339 g/mol. The topological polar surface area (TPSA) is 51.4 Å². The molecule has 0 saturated carbocycles. The van der Waals surface area contributed by atoms with E-state index in [2.05, 4.69) is 16.8 Å². The maximum absolute atomic E-state index is 13.7. The summed E-state index contributed by atoms with van der Waals surface area (Å²) in [6.45, 7) is 5.45. The fourth-order valence-electron chi connectivity index (χ4n) is 3.18. The Morgan fingerprint density at radius 3 is 2.68 bits per heavy atom. The number of aliphatic hydroxyl groups is 1. The molecule has 2 atom stereocenters. The van der Waals surface area contributed by atoms with Crippen molar-refractivity contribution >= 4 is 34.0 Å². The van der Waals surface area contributed by atoms with Crippen molar-refractivity contribution in [1.29, 1.82) is 0 Å². The summed E-state index contributed by atoms with van der Waals surface area (Å²) in [5, 5.41) is 10.8. The molecule has 1 N–H and O–H groups in total. The Bertz CT molecular complexity index is 781. The molecule has 1 aromatic rings. The molecule has 7 heteroatoms. The van der Waals surface area contributed by atoms with Crippen molar-refractivity contribution in [3.05, 3.63) is 35.7 Å². The van der Waals surface area contributed by atoms with Gasteiger partial charge in [0.15, 0.2) is 0 Å². The predicted molar refractivity (Wildman–Crippen MR) is 101 cm³/mol. The van der Waals surface area contributed by atoms with E-state index in [-0.39, 0.29) is 11.1 Å². The van der Waals surface area contributed by atoms with Crippen molar-refractivity contribution < 1.29 is 9.50 Å². The zero-order valence-corrected chi connectivity index (χ0v) is 15.1. The maximum Gasteiger partial charge on any atom is 0.139 e. The molecule has 3 aliphatic heterocycles. The second-order valence-electron chi connectivity index (χ2n) is 6.68. The molecule has 132 valence electrons. The minimum Gasteiger partial charge on any atom is -0.392 e. The number of hydrogen-bond acceptors (Lipinski definition) is 6. The van der Waals surface area contributed by atoms with E-state index in [0.717, 1.165) is 42.6 Å². The van der Waals surface area contributed by atoms with Crippen LogP contribution in [0.2, 0.25) is 0 Å². The standard InChI is InChI=1S/C18H21FN4OS/c1-11(24)16-10-13-17(23-7-5-22(2)6-8-23)20-15-9-12(19)3-4-14(15)21-18(13)25-16/h3-4,9-11,16,24H,5-8H2,1-2H3. The molecule has 3 heterocycles. The Kier molecular flexibility index (Phi) is 4.39. The van der Waals surface area contributed by atoms with Gasteiger partial charge in [-0.15, -0.1) is 0 Å². The highest BCUT2D eigenvalue weighted by Gasteiger charge is 2.34. The van der Waals surface area contributed by atoms with Crippen molar-refractivity contribution in [2.24, 2.45) is 9.98 Å². The van der Waals surface area contributed by atoms with Crippen LogP contribution in [-0.4, -0.2) is 70.4 Å². The summed E-state index contributed by atoms with van der Waals surface area (Å²) in [6, 6.07) is 4.52. The minimum atomic E-state index is -0.464. The molecule has 1 saturated heterocycles. The molecule has 0 amide bonds. The monoisotopic (exact) mass is 360 g/mol. The summed E-state index contributed by atoms with van der Waals surface area (Å²) in [7, 11) is 2.11. The minimum absolute atomic E-state index is 0.0339. The van der Waals surface area contributed by atoms with E-state index in [9.17, 15) is 9.50 Å². The molecule has 5 nitrogen and oxygen atoms in total. The normalized spacial score (nSPS) is 24.7. The second-order valence-corrected chi connectivity index (χ2v) is 7.85. The summed E-state index contributed by atoms with van der Waals surface area (Å²) >= 11 is 1.55. The fourth-order valence-corrected chi connectivity index (χ4v) is 4.28. The first-order valence-corrected chi connectivity index (χ1v) is 9.37. The average Bonchev–Trinajstić information content (AvgIpc) is 2.94. The van der Waals surface area contributed by atoms with Crippen LogP contribution in [-0.2, 0) is 0 Å². The van der Waals surface area contributed by atoms with Crippen LogP contribution in [0.1, 0.15) is 6.92 Å². The van der Waals surface area contributed by atoms with E-state index in [1.807, 2.05) is 6.08 Å². The summed E-state index contributed by atoms with van der Waals surface area (Å²) in [4.78, 5) is 14.0.